The topological polar surface area (TPSA) is 96.2 Å². The first-order valence-electron chi connectivity index (χ1n) is 8.94. The van der Waals surface area contributed by atoms with Crippen molar-refractivity contribution in [2.24, 2.45) is 5.73 Å². The van der Waals surface area contributed by atoms with Gasteiger partial charge in [0.2, 0.25) is 5.91 Å². The smallest absolute Gasteiger partial charge is 0.312 e. The molecule has 6 nitrogen and oxygen atoms in total. The van der Waals surface area contributed by atoms with Crippen molar-refractivity contribution in [3.8, 4) is 0 Å². The molecule has 3 atom stereocenters. The third-order valence-electron chi connectivity index (χ3n) is 4.66. The number of unbranched alkanes of at least 4 members (excludes halogenated alkanes) is 1. The average molecular weight is 405 g/mol. The van der Waals surface area contributed by atoms with Gasteiger partial charge >= 0.3 is 6.03 Å². The fourth-order valence-corrected chi connectivity index (χ4v) is 3.28. The summed E-state index contributed by atoms with van der Waals surface area (Å²) in [6.45, 7) is 3.21. The molecule has 1 aromatic carbocycles. The number of carbonyl (C=O) groups excluding carboxylic acids is 2. The highest BCUT2D eigenvalue weighted by atomic mass is 35.5. The Hall–Kier alpha value is -1.93. The van der Waals surface area contributed by atoms with Gasteiger partial charge in [0.1, 0.15) is 6.04 Å². The summed E-state index contributed by atoms with van der Waals surface area (Å²) in [5, 5.41) is 8.59. The molecule has 27 heavy (non-hydrogen) atoms. The van der Waals surface area contributed by atoms with Crippen molar-refractivity contribution in [3.63, 3.8) is 0 Å². The molecule has 1 heterocycles. The zero-order valence-corrected chi connectivity index (χ0v) is 16.1. The molecule has 1 aliphatic heterocycles. The van der Waals surface area contributed by atoms with Gasteiger partial charge in [-0.3, -0.25) is 4.79 Å². The molecule has 0 spiro atoms. The maximum Gasteiger partial charge on any atom is 0.312 e. The van der Waals surface area contributed by atoms with Crippen molar-refractivity contribution >= 4 is 24.3 Å². The van der Waals surface area contributed by atoms with E-state index in [0.29, 0.717) is 24.9 Å². The maximum atomic E-state index is 13.6. The second-order valence-corrected chi connectivity index (χ2v) is 6.59. The zero-order valence-electron chi connectivity index (χ0n) is 15.3. The van der Waals surface area contributed by atoms with E-state index in [1.807, 2.05) is 6.92 Å². The molecule has 0 bridgehead atoms. The van der Waals surface area contributed by atoms with Crippen LogP contribution in [0.2, 0.25) is 0 Å². The van der Waals surface area contributed by atoms with Crippen molar-refractivity contribution in [2.45, 2.75) is 50.6 Å². The van der Waals surface area contributed by atoms with Gasteiger partial charge in [0.05, 0.1) is 0 Å². The first-order chi connectivity index (χ1) is 12.4. The Labute approximate surface area is 164 Å². The number of rotatable bonds is 7. The number of benzene rings is 1. The van der Waals surface area contributed by atoms with Crippen LogP contribution < -0.4 is 21.7 Å². The number of hydrogen-bond acceptors (Lipinski definition) is 3. The lowest BCUT2D eigenvalue weighted by Crippen LogP contribution is -2.56. The van der Waals surface area contributed by atoms with Crippen molar-refractivity contribution in [1.82, 2.24) is 16.0 Å². The largest absolute Gasteiger partial charge is 0.352 e. The van der Waals surface area contributed by atoms with E-state index in [1.165, 1.54) is 6.07 Å². The minimum atomic E-state index is -0.901. The van der Waals surface area contributed by atoms with Crippen LogP contribution >= 0.6 is 12.4 Å². The van der Waals surface area contributed by atoms with Gasteiger partial charge in [-0.15, -0.1) is 12.4 Å². The lowest BCUT2D eigenvalue weighted by molar-refractivity contribution is -0.124. The minimum absolute atomic E-state index is 0. The highest BCUT2D eigenvalue weighted by molar-refractivity contribution is 5.86. The van der Waals surface area contributed by atoms with Crippen LogP contribution in [0.4, 0.5) is 13.6 Å². The first kappa shape index (κ1) is 23.1. The molecule has 3 unspecified atom stereocenters. The Kier molecular flexibility index (Phi) is 9.45. The van der Waals surface area contributed by atoms with Crippen LogP contribution in [0.5, 0.6) is 0 Å². The van der Waals surface area contributed by atoms with Gasteiger partial charge in [0.15, 0.2) is 11.6 Å². The molecule has 1 aliphatic rings. The van der Waals surface area contributed by atoms with E-state index in [0.717, 1.165) is 25.5 Å². The Morgan fingerprint density at radius 2 is 2.07 bits per heavy atom. The monoisotopic (exact) mass is 404 g/mol. The van der Waals surface area contributed by atoms with Crippen molar-refractivity contribution < 1.29 is 18.4 Å². The average Bonchev–Trinajstić information content (AvgIpc) is 2.61. The molecular weight excluding hydrogens is 378 g/mol. The van der Waals surface area contributed by atoms with Crippen LogP contribution in [0.25, 0.3) is 0 Å². The lowest BCUT2D eigenvalue weighted by Gasteiger charge is -2.34. The maximum absolute atomic E-state index is 13.6. The van der Waals surface area contributed by atoms with E-state index >= 15 is 0 Å². The summed E-state index contributed by atoms with van der Waals surface area (Å²) < 4.78 is 26.8. The minimum Gasteiger partial charge on any atom is -0.352 e. The molecule has 0 aliphatic carbocycles. The lowest BCUT2D eigenvalue weighted by atomic mass is 9.85. The molecule has 1 fully saturated rings. The Morgan fingerprint density at radius 3 is 2.70 bits per heavy atom. The van der Waals surface area contributed by atoms with Gasteiger partial charge in [-0.2, -0.15) is 0 Å². The predicted molar refractivity (Wildman–Crippen MR) is 102 cm³/mol. The van der Waals surface area contributed by atoms with E-state index in [9.17, 15) is 18.4 Å². The van der Waals surface area contributed by atoms with E-state index in [2.05, 4.69) is 16.0 Å². The van der Waals surface area contributed by atoms with Gasteiger partial charge in [-0.05, 0) is 37.1 Å². The third kappa shape index (κ3) is 6.62. The van der Waals surface area contributed by atoms with E-state index < -0.39 is 23.7 Å². The fraction of sp³-hybridized carbons (Fsp3) is 0.556. The summed E-state index contributed by atoms with van der Waals surface area (Å²) in [5.41, 5.74) is 5.81. The van der Waals surface area contributed by atoms with E-state index in [-0.39, 0.29) is 30.3 Å². The highest BCUT2D eigenvalue weighted by Gasteiger charge is 2.30. The third-order valence-corrected chi connectivity index (χ3v) is 4.66. The van der Waals surface area contributed by atoms with Crippen LogP contribution in [0.15, 0.2) is 18.2 Å². The van der Waals surface area contributed by atoms with Gasteiger partial charge in [-0.1, -0.05) is 25.8 Å². The number of urea groups is 1. The van der Waals surface area contributed by atoms with Crippen molar-refractivity contribution in [3.05, 3.63) is 35.4 Å². The summed E-state index contributed by atoms with van der Waals surface area (Å²) >= 11 is 0. The zero-order chi connectivity index (χ0) is 19.1. The number of piperidine rings is 1. The van der Waals surface area contributed by atoms with Gasteiger partial charge in [-0.25, -0.2) is 13.6 Å². The molecule has 0 saturated carbocycles. The Morgan fingerprint density at radius 1 is 1.33 bits per heavy atom. The van der Waals surface area contributed by atoms with Crippen molar-refractivity contribution in [2.75, 3.05) is 13.1 Å². The summed E-state index contributed by atoms with van der Waals surface area (Å²) in [7, 11) is 0. The van der Waals surface area contributed by atoms with Crippen LogP contribution in [-0.2, 0) is 4.79 Å². The summed E-state index contributed by atoms with van der Waals surface area (Å²) in [6.07, 6.45) is 2.82. The molecule has 1 saturated heterocycles. The number of halogens is 3. The Balaban J connectivity index is 0.00000364. The second-order valence-electron chi connectivity index (χ2n) is 6.59. The molecule has 1 aromatic rings. The van der Waals surface area contributed by atoms with Gasteiger partial charge in [0.25, 0.3) is 0 Å². The van der Waals surface area contributed by atoms with Gasteiger partial charge in [0, 0.05) is 18.5 Å². The molecule has 3 amide bonds. The summed E-state index contributed by atoms with van der Waals surface area (Å²) in [5.74, 6) is -2.26. The highest BCUT2D eigenvalue weighted by Crippen LogP contribution is 2.27. The first-order valence-corrected chi connectivity index (χ1v) is 8.94. The predicted octanol–water partition coefficient (Wildman–Crippen LogP) is 2.18. The summed E-state index contributed by atoms with van der Waals surface area (Å²) in [6, 6.07) is 2.08. The molecule has 5 N–H and O–H groups in total. The standard InChI is InChI=1S/C18H26F2N4O2.ClH/c1-2-3-4-15(24-18(21)26)17(25)23-16-10-22-8-7-12(16)11-5-6-13(19)14(20)9-11;/h5-6,9,12,15-16,22H,2-4,7-8,10H2,1H3,(H,23,25)(H3,21,24,26);1H. The van der Waals surface area contributed by atoms with Crippen LogP contribution in [-0.4, -0.2) is 37.1 Å². The molecule has 9 heteroatoms. The second kappa shape index (κ2) is 11.0. The summed E-state index contributed by atoms with van der Waals surface area (Å²) in [4.78, 5) is 23.8. The molecule has 0 aromatic heterocycles. The van der Waals surface area contributed by atoms with Crippen LogP contribution in [0.1, 0.15) is 44.1 Å². The van der Waals surface area contributed by atoms with E-state index in [1.54, 1.807) is 6.07 Å². The molecule has 152 valence electrons. The molecular formula is C18H27ClF2N4O2. The van der Waals surface area contributed by atoms with Crippen molar-refractivity contribution in [1.29, 1.82) is 0 Å². The van der Waals surface area contributed by atoms with E-state index in [4.69, 9.17) is 5.73 Å². The number of primary amides is 1. The number of amides is 3. The number of nitrogens with one attached hydrogen (secondary N) is 3. The normalized spacial score (nSPS) is 20.3. The van der Waals surface area contributed by atoms with Crippen LogP contribution in [0.3, 0.4) is 0 Å². The molecule has 0 radical (unpaired) electrons. The number of hydrogen-bond donors (Lipinski definition) is 4. The fourth-order valence-electron chi connectivity index (χ4n) is 3.28. The van der Waals surface area contributed by atoms with Crippen LogP contribution in [0, 0.1) is 11.6 Å². The molecule has 2 rings (SSSR count). The Bertz CT molecular complexity index is 648. The van der Waals surface area contributed by atoms with Gasteiger partial charge < -0.3 is 21.7 Å². The number of carbonyl (C=O) groups is 2. The quantitative estimate of drug-likeness (QED) is 0.560. The SMILES string of the molecule is CCCCC(NC(N)=O)C(=O)NC1CNCCC1c1ccc(F)c(F)c1.Cl. The number of nitrogens with two attached hydrogens (primary N) is 1.